The van der Waals surface area contributed by atoms with Crippen molar-refractivity contribution < 1.29 is 10.0 Å². The fourth-order valence-electron chi connectivity index (χ4n) is 4.26. The summed E-state index contributed by atoms with van der Waals surface area (Å²) in [5, 5.41) is 21.8. The maximum absolute atomic E-state index is 12.8. The number of fused-ring (bicyclic) bond motifs is 1. The number of nitro groups is 1. The van der Waals surface area contributed by atoms with Crippen LogP contribution in [0.25, 0.3) is 15.9 Å². The molecule has 0 amide bonds. The Morgan fingerprint density at radius 2 is 1.88 bits per heavy atom. The molecule has 0 spiro atoms. The van der Waals surface area contributed by atoms with Crippen molar-refractivity contribution >= 4 is 28.2 Å². The van der Waals surface area contributed by atoms with Crippen molar-refractivity contribution in [3.05, 3.63) is 79.9 Å². The molecule has 0 aliphatic carbocycles. The highest BCUT2D eigenvalue weighted by Gasteiger charge is 2.34. The minimum Gasteiger partial charge on any atom is -0.394 e. The lowest BCUT2D eigenvalue weighted by molar-refractivity contribution is -0.385. The number of hydrogen-bond donors (Lipinski definition) is 1. The third-order valence-electron chi connectivity index (χ3n) is 5.90. The van der Waals surface area contributed by atoms with Crippen molar-refractivity contribution in [2.45, 2.75) is 6.04 Å². The first-order valence-corrected chi connectivity index (χ1v) is 10.2. The number of aromatic nitrogens is 2. The SMILES string of the molecule is [C-]#[N+]c1ccc2c(n1)c(N1CCN(C(CO)c3ccccc3)CC1)c([N+](=O)[O-])c(=O)n2C. The first kappa shape index (κ1) is 21.4. The molecular weight excluding hydrogens is 412 g/mol. The van der Waals surface area contributed by atoms with Crippen LogP contribution in [0.4, 0.5) is 17.2 Å². The summed E-state index contributed by atoms with van der Waals surface area (Å²) in [7, 11) is 1.46. The van der Waals surface area contributed by atoms with Gasteiger partial charge in [0.25, 0.3) is 5.82 Å². The highest BCUT2D eigenvalue weighted by molar-refractivity contribution is 5.94. The first-order chi connectivity index (χ1) is 15.5. The maximum Gasteiger partial charge on any atom is 0.361 e. The molecule has 4 rings (SSSR count). The van der Waals surface area contributed by atoms with Gasteiger partial charge in [0.15, 0.2) is 5.69 Å². The Balaban J connectivity index is 1.74. The van der Waals surface area contributed by atoms with Crippen molar-refractivity contribution in [2.24, 2.45) is 7.05 Å². The molecule has 2 aromatic heterocycles. The predicted molar refractivity (Wildman–Crippen MR) is 120 cm³/mol. The molecule has 0 radical (unpaired) electrons. The molecule has 3 aromatic rings. The number of rotatable bonds is 5. The number of anilines is 1. The Hall–Kier alpha value is -3.81. The summed E-state index contributed by atoms with van der Waals surface area (Å²) in [6, 6.07) is 12.6. The van der Waals surface area contributed by atoms with Crippen LogP contribution in [0.2, 0.25) is 0 Å². The second-order valence-electron chi connectivity index (χ2n) is 7.60. The number of hydrogen-bond acceptors (Lipinski definition) is 7. The van der Waals surface area contributed by atoms with Gasteiger partial charge in [-0.3, -0.25) is 19.8 Å². The standard InChI is InChI=1S/C22H22N6O4/c1-23-18-9-8-16-19(24-18)20(21(28(31)32)22(30)25(16)2)27-12-10-26(11-13-27)17(14-29)15-6-4-3-5-7-15/h3-9,17,29H,10-14H2,2H3. The monoisotopic (exact) mass is 434 g/mol. The largest absolute Gasteiger partial charge is 0.394 e. The van der Waals surface area contributed by atoms with Crippen LogP contribution >= 0.6 is 0 Å². The van der Waals surface area contributed by atoms with Gasteiger partial charge in [-0.25, -0.2) is 0 Å². The molecule has 32 heavy (non-hydrogen) atoms. The van der Waals surface area contributed by atoms with Gasteiger partial charge in [0.2, 0.25) is 5.52 Å². The number of aliphatic hydroxyl groups is 1. The van der Waals surface area contributed by atoms with E-state index in [0.717, 1.165) is 5.56 Å². The van der Waals surface area contributed by atoms with Crippen LogP contribution in [0.5, 0.6) is 0 Å². The fourth-order valence-corrected chi connectivity index (χ4v) is 4.26. The number of nitrogens with zero attached hydrogens (tertiary/aromatic N) is 6. The molecule has 3 heterocycles. The molecule has 164 valence electrons. The van der Waals surface area contributed by atoms with E-state index in [4.69, 9.17) is 6.57 Å². The summed E-state index contributed by atoms with van der Waals surface area (Å²) in [4.78, 5) is 35.6. The number of benzene rings is 1. The van der Waals surface area contributed by atoms with Crippen molar-refractivity contribution in [1.82, 2.24) is 14.5 Å². The number of piperazine rings is 1. The van der Waals surface area contributed by atoms with Crippen LogP contribution in [0.3, 0.4) is 0 Å². The molecule has 1 aromatic carbocycles. The van der Waals surface area contributed by atoms with Crippen LogP contribution in [0.15, 0.2) is 47.3 Å². The molecule has 10 heteroatoms. The molecule has 10 nitrogen and oxygen atoms in total. The summed E-state index contributed by atoms with van der Waals surface area (Å²) < 4.78 is 1.20. The van der Waals surface area contributed by atoms with Crippen molar-refractivity contribution in [3.8, 4) is 0 Å². The highest BCUT2D eigenvalue weighted by Crippen LogP contribution is 2.34. The molecule has 1 saturated heterocycles. The molecule has 1 unspecified atom stereocenters. The van der Waals surface area contributed by atoms with Gasteiger partial charge in [-0.1, -0.05) is 36.9 Å². The Morgan fingerprint density at radius 3 is 2.47 bits per heavy atom. The minimum absolute atomic E-state index is 0.0467. The molecule has 1 N–H and O–H groups in total. The Kier molecular flexibility index (Phi) is 5.85. The highest BCUT2D eigenvalue weighted by atomic mass is 16.6. The smallest absolute Gasteiger partial charge is 0.361 e. The summed E-state index contributed by atoms with van der Waals surface area (Å²) in [6.07, 6.45) is 0. The van der Waals surface area contributed by atoms with Crippen molar-refractivity contribution in [2.75, 3.05) is 37.7 Å². The average molecular weight is 434 g/mol. The minimum atomic E-state index is -0.713. The maximum atomic E-state index is 12.8. The van der Waals surface area contributed by atoms with Crippen molar-refractivity contribution in [1.29, 1.82) is 0 Å². The normalized spacial score (nSPS) is 15.5. The Bertz CT molecular complexity index is 1260. The van der Waals surface area contributed by atoms with Crippen LogP contribution in [0.1, 0.15) is 11.6 Å². The van der Waals surface area contributed by atoms with E-state index in [0.29, 0.717) is 31.7 Å². The van der Waals surface area contributed by atoms with Gasteiger partial charge >= 0.3 is 11.2 Å². The van der Waals surface area contributed by atoms with Crippen LogP contribution in [-0.4, -0.2) is 57.3 Å². The van der Waals surface area contributed by atoms with Crippen LogP contribution < -0.4 is 10.5 Å². The van der Waals surface area contributed by atoms with Crippen LogP contribution in [0, 0.1) is 16.7 Å². The average Bonchev–Trinajstić information content (AvgIpc) is 2.82. The van der Waals surface area contributed by atoms with Gasteiger partial charge in [-0.05, 0) is 17.7 Å². The van der Waals surface area contributed by atoms with E-state index in [1.165, 1.54) is 17.7 Å². The molecule has 0 bridgehead atoms. The number of aliphatic hydroxyl groups excluding tert-OH is 1. The van der Waals surface area contributed by atoms with Gasteiger partial charge in [-0.2, -0.15) is 0 Å². The topological polar surface area (TPSA) is 109 Å². The second-order valence-corrected chi connectivity index (χ2v) is 7.60. The molecule has 1 fully saturated rings. The van der Waals surface area contributed by atoms with E-state index in [1.807, 2.05) is 30.3 Å². The Labute approximate surface area is 183 Å². The Morgan fingerprint density at radius 1 is 1.19 bits per heavy atom. The molecule has 1 aliphatic rings. The van der Waals surface area contributed by atoms with E-state index >= 15 is 0 Å². The van der Waals surface area contributed by atoms with Crippen LogP contribution in [-0.2, 0) is 7.05 Å². The third-order valence-corrected chi connectivity index (χ3v) is 5.90. The van der Waals surface area contributed by atoms with Gasteiger partial charge in [0.1, 0.15) is 0 Å². The van der Waals surface area contributed by atoms with E-state index < -0.39 is 16.2 Å². The zero-order valence-corrected chi connectivity index (χ0v) is 17.5. The lowest BCUT2D eigenvalue weighted by Crippen LogP contribution is -2.49. The second kappa shape index (κ2) is 8.74. The zero-order chi connectivity index (χ0) is 22.8. The van der Waals surface area contributed by atoms with E-state index in [-0.39, 0.29) is 29.7 Å². The fraction of sp³-hybridized carbons (Fsp3) is 0.318. The lowest BCUT2D eigenvalue weighted by atomic mass is 10.0. The summed E-state index contributed by atoms with van der Waals surface area (Å²) in [6.45, 7) is 9.12. The zero-order valence-electron chi connectivity index (χ0n) is 17.5. The van der Waals surface area contributed by atoms with Gasteiger partial charge in [0, 0.05) is 33.2 Å². The molecule has 0 saturated carbocycles. The summed E-state index contributed by atoms with van der Waals surface area (Å²) in [5.74, 6) is 0.106. The molecule has 1 aliphatic heterocycles. The summed E-state index contributed by atoms with van der Waals surface area (Å²) >= 11 is 0. The molecular formula is C22H22N6O4. The first-order valence-electron chi connectivity index (χ1n) is 10.2. The predicted octanol–water partition coefficient (Wildman–Crippen LogP) is 2.25. The third kappa shape index (κ3) is 3.68. The van der Waals surface area contributed by atoms with Gasteiger partial charge in [-0.15, -0.1) is 4.98 Å². The quantitative estimate of drug-likeness (QED) is 0.373. The van der Waals surface area contributed by atoms with E-state index in [2.05, 4.69) is 14.7 Å². The molecule has 1 atom stereocenters. The van der Waals surface area contributed by atoms with Gasteiger partial charge < -0.3 is 19.4 Å². The van der Waals surface area contributed by atoms with E-state index in [1.54, 1.807) is 11.0 Å². The lowest BCUT2D eigenvalue weighted by Gasteiger charge is -2.39. The van der Waals surface area contributed by atoms with Gasteiger partial charge in [0.05, 0.1) is 23.1 Å². The summed E-state index contributed by atoms with van der Waals surface area (Å²) in [5.41, 5.74) is 0.598. The number of pyridine rings is 2. The van der Waals surface area contributed by atoms with Crippen molar-refractivity contribution in [3.63, 3.8) is 0 Å². The van der Waals surface area contributed by atoms with E-state index in [9.17, 15) is 20.0 Å². The number of aryl methyl sites for hydroxylation is 1.